The van der Waals surface area contributed by atoms with Crippen LogP contribution in [0.2, 0.25) is 0 Å². The SMILES string of the molecule is Cc1nc(C(C)NC(=O)c2nc(-c3cccs3)n(-c3ccccc3)n2)cs1. The summed E-state index contributed by atoms with van der Waals surface area (Å²) < 4.78 is 1.71. The van der Waals surface area contributed by atoms with Gasteiger partial charge in [0.1, 0.15) is 0 Å². The molecule has 0 aliphatic carbocycles. The lowest BCUT2D eigenvalue weighted by molar-refractivity contribution is 0.0929. The molecule has 1 atom stereocenters. The number of nitrogens with one attached hydrogen (secondary N) is 1. The Balaban J connectivity index is 1.66. The van der Waals surface area contributed by atoms with Crippen LogP contribution in [-0.4, -0.2) is 25.7 Å². The number of aryl methyl sites for hydroxylation is 1. The zero-order valence-electron chi connectivity index (χ0n) is 14.8. The topological polar surface area (TPSA) is 72.7 Å². The van der Waals surface area contributed by atoms with E-state index in [0.717, 1.165) is 21.3 Å². The van der Waals surface area contributed by atoms with E-state index in [4.69, 9.17) is 0 Å². The predicted octanol–water partition coefficient (Wildman–Crippen LogP) is 4.25. The molecule has 136 valence electrons. The highest BCUT2D eigenvalue weighted by Gasteiger charge is 2.21. The van der Waals surface area contributed by atoms with Crippen molar-refractivity contribution in [3.63, 3.8) is 0 Å². The van der Waals surface area contributed by atoms with Crippen molar-refractivity contribution < 1.29 is 4.79 Å². The fourth-order valence-corrected chi connectivity index (χ4v) is 4.04. The molecule has 3 aromatic heterocycles. The van der Waals surface area contributed by atoms with Crippen molar-refractivity contribution in [3.8, 4) is 16.4 Å². The van der Waals surface area contributed by atoms with E-state index in [1.54, 1.807) is 27.4 Å². The van der Waals surface area contributed by atoms with Crippen molar-refractivity contribution in [2.24, 2.45) is 0 Å². The van der Waals surface area contributed by atoms with Gasteiger partial charge in [-0.3, -0.25) is 4.79 Å². The van der Waals surface area contributed by atoms with Gasteiger partial charge in [-0.2, -0.15) is 0 Å². The molecule has 0 aliphatic rings. The molecule has 0 spiro atoms. The van der Waals surface area contributed by atoms with E-state index in [9.17, 15) is 4.79 Å². The molecule has 4 rings (SSSR count). The van der Waals surface area contributed by atoms with Crippen LogP contribution in [0.4, 0.5) is 0 Å². The summed E-state index contributed by atoms with van der Waals surface area (Å²) in [5.74, 6) is 0.472. The van der Waals surface area contributed by atoms with Crippen LogP contribution in [0.3, 0.4) is 0 Å². The third kappa shape index (κ3) is 3.67. The number of carbonyl (C=O) groups is 1. The first-order valence-corrected chi connectivity index (χ1v) is 10.2. The van der Waals surface area contributed by atoms with Gasteiger partial charge in [0.25, 0.3) is 5.91 Å². The molecule has 8 heteroatoms. The van der Waals surface area contributed by atoms with Gasteiger partial charge < -0.3 is 5.32 Å². The van der Waals surface area contributed by atoms with Crippen LogP contribution < -0.4 is 5.32 Å². The Morgan fingerprint density at radius 2 is 1.93 bits per heavy atom. The van der Waals surface area contributed by atoms with Crippen LogP contribution in [0.1, 0.15) is 34.3 Å². The van der Waals surface area contributed by atoms with Gasteiger partial charge in [-0.15, -0.1) is 27.8 Å². The first-order chi connectivity index (χ1) is 13.1. The van der Waals surface area contributed by atoms with Crippen LogP contribution in [0, 0.1) is 6.92 Å². The van der Waals surface area contributed by atoms with E-state index in [1.165, 1.54) is 0 Å². The number of nitrogens with zero attached hydrogens (tertiary/aromatic N) is 4. The van der Waals surface area contributed by atoms with Crippen molar-refractivity contribution in [2.45, 2.75) is 19.9 Å². The van der Waals surface area contributed by atoms with Gasteiger partial charge in [0.05, 0.1) is 27.3 Å². The van der Waals surface area contributed by atoms with Crippen LogP contribution in [0.15, 0.2) is 53.2 Å². The first-order valence-electron chi connectivity index (χ1n) is 8.41. The van der Waals surface area contributed by atoms with E-state index in [0.29, 0.717) is 5.82 Å². The van der Waals surface area contributed by atoms with Gasteiger partial charge in [-0.25, -0.2) is 14.6 Å². The summed E-state index contributed by atoms with van der Waals surface area (Å²) in [5, 5.41) is 12.3. The summed E-state index contributed by atoms with van der Waals surface area (Å²) in [6, 6.07) is 13.4. The number of thiazole rings is 1. The summed E-state index contributed by atoms with van der Waals surface area (Å²) in [5.41, 5.74) is 1.70. The molecule has 1 aromatic carbocycles. The highest BCUT2D eigenvalue weighted by Crippen LogP contribution is 2.25. The Hall–Kier alpha value is -2.84. The molecule has 6 nitrogen and oxygen atoms in total. The Kier molecular flexibility index (Phi) is 4.83. The van der Waals surface area contributed by atoms with Crippen molar-refractivity contribution in [2.75, 3.05) is 0 Å². The zero-order chi connectivity index (χ0) is 18.8. The number of amides is 1. The largest absolute Gasteiger partial charge is 0.341 e. The maximum atomic E-state index is 12.7. The number of thiophene rings is 1. The van der Waals surface area contributed by atoms with E-state index < -0.39 is 0 Å². The highest BCUT2D eigenvalue weighted by atomic mass is 32.1. The average molecular weight is 396 g/mol. The molecule has 0 bridgehead atoms. The second-order valence-corrected chi connectivity index (χ2v) is 7.98. The fraction of sp³-hybridized carbons (Fsp3) is 0.158. The van der Waals surface area contributed by atoms with E-state index in [2.05, 4.69) is 20.4 Å². The number of para-hydroxylation sites is 1. The summed E-state index contributed by atoms with van der Waals surface area (Å²) >= 11 is 3.12. The normalized spacial score (nSPS) is 12.1. The summed E-state index contributed by atoms with van der Waals surface area (Å²) in [7, 11) is 0. The zero-order valence-corrected chi connectivity index (χ0v) is 16.4. The summed E-state index contributed by atoms with van der Waals surface area (Å²) in [6.07, 6.45) is 0. The van der Waals surface area contributed by atoms with Crippen LogP contribution in [-0.2, 0) is 0 Å². The van der Waals surface area contributed by atoms with Gasteiger partial charge in [-0.05, 0) is 37.4 Å². The quantitative estimate of drug-likeness (QED) is 0.548. The molecular formula is C19H17N5OS2. The number of carbonyl (C=O) groups excluding carboxylic acids is 1. The minimum absolute atomic E-state index is 0.140. The lowest BCUT2D eigenvalue weighted by atomic mass is 10.2. The molecule has 27 heavy (non-hydrogen) atoms. The van der Waals surface area contributed by atoms with Gasteiger partial charge in [0, 0.05) is 5.38 Å². The lowest BCUT2D eigenvalue weighted by Gasteiger charge is -2.09. The van der Waals surface area contributed by atoms with E-state index in [1.807, 2.05) is 67.1 Å². The Morgan fingerprint density at radius 1 is 1.11 bits per heavy atom. The lowest BCUT2D eigenvalue weighted by Crippen LogP contribution is -2.28. The maximum absolute atomic E-state index is 12.7. The van der Waals surface area contributed by atoms with Crippen molar-refractivity contribution >= 4 is 28.6 Å². The standard InChI is InChI=1S/C19H17N5OS2/c1-12(15-11-27-13(2)21-15)20-19(25)17-22-18(16-9-6-10-26-16)24(23-17)14-7-4-3-5-8-14/h3-12H,1-2H3,(H,20,25). The first kappa shape index (κ1) is 17.6. The van der Waals surface area contributed by atoms with Crippen molar-refractivity contribution in [1.82, 2.24) is 25.1 Å². The van der Waals surface area contributed by atoms with Gasteiger partial charge >= 0.3 is 0 Å². The van der Waals surface area contributed by atoms with Crippen LogP contribution in [0.5, 0.6) is 0 Å². The van der Waals surface area contributed by atoms with Crippen molar-refractivity contribution in [1.29, 1.82) is 0 Å². The predicted molar refractivity (Wildman–Crippen MR) is 107 cm³/mol. The second-order valence-electron chi connectivity index (χ2n) is 5.97. The second kappa shape index (κ2) is 7.42. The van der Waals surface area contributed by atoms with Gasteiger partial charge in [0.15, 0.2) is 5.82 Å². The Labute approximate surface area is 164 Å². The Bertz CT molecular complexity index is 1050. The molecule has 0 fully saturated rings. The third-order valence-electron chi connectivity index (χ3n) is 3.98. The van der Waals surface area contributed by atoms with Crippen LogP contribution >= 0.6 is 22.7 Å². The minimum Gasteiger partial charge on any atom is -0.341 e. The molecule has 0 aliphatic heterocycles. The molecule has 1 amide bonds. The highest BCUT2D eigenvalue weighted by molar-refractivity contribution is 7.13. The molecule has 1 unspecified atom stereocenters. The number of benzene rings is 1. The molecule has 1 N–H and O–H groups in total. The monoisotopic (exact) mass is 395 g/mol. The minimum atomic E-state index is -0.319. The Morgan fingerprint density at radius 3 is 2.59 bits per heavy atom. The number of rotatable bonds is 5. The number of hydrogen-bond donors (Lipinski definition) is 1. The van der Waals surface area contributed by atoms with Gasteiger partial charge in [-0.1, -0.05) is 24.3 Å². The average Bonchev–Trinajstić information content (AvgIpc) is 3.42. The number of hydrogen-bond acceptors (Lipinski definition) is 6. The number of aromatic nitrogens is 4. The molecule has 0 saturated heterocycles. The maximum Gasteiger partial charge on any atom is 0.291 e. The molecule has 4 aromatic rings. The smallest absolute Gasteiger partial charge is 0.291 e. The third-order valence-corrected chi connectivity index (χ3v) is 5.64. The fourth-order valence-electron chi connectivity index (χ4n) is 2.64. The molecule has 3 heterocycles. The molecule has 0 saturated carbocycles. The summed E-state index contributed by atoms with van der Waals surface area (Å²) in [6.45, 7) is 3.85. The van der Waals surface area contributed by atoms with E-state index >= 15 is 0 Å². The van der Waals surface area contributed by atoms with Crippen LogP contribution in [0.25, 0.3) is 16.4 Å². The van der Waals surface area contributed by atoms with E-state index in [-0.39, 0.29) is 17.8 Å². The molecular weight excluding hydrogens is 378 g/mol. The summed E-state index contributed by atoms with van der Waals surface area (Å²) in [4.78, 5) is 22.6. The molecule has 0 radical (unpaired) electrons. The van der Waals surface area contributed by atoms with Gasteiger partial charge in [0.2, 0.25) is 5.82 Å². The van der Waals surface area contributed by atoms with Crippen molar-refractivity contribution in [3.05, 3.63) is 69.8 Å².